The summed E-state index contributed by atoms with van der Waals surface area (Å²) < 4.78 is 33.6. The Kier molecular flexibility index (Phi) is 4.75. The quantitative estimate of drug-likeness (QED) is 0.786. The van der Waals surface area contributed by atoms with Gasteiger partial charge in [0, 0.05) is 11.0 Å². The lowest BCUT2D eigenvalue weighted by Crippen LogP contribution is -2.30. The molecule has 0 bridgehead atoms. The van der Waals surface area contributed by atoms with Crippen LogP contribution in [0.3, 0.4) is 0 Å². The van der Waals surface area contributed by atoms with Gasteiger partial charge in [-0.25, -0.2) is 8.42 Å². The number of methoxy groups -OCH3 is 1. The van der Waals surface area contributed by atoms with Crippen LogP contribution in [0, 0.1) is 0 Å². The Balaban J connectivity index is 1.97. The predicted molar refractivity (Wildman–Crippen MR) is 93.0 cm³/mol. The van der Waals surface area contributed by atoms with Crippen molar-refractivity contribution in [3.05, 3.63) is 58.6 Å². The van der Waals surface area contributed by atoms with Gasteiger partial charge in [0.25, 0.3) is 0 Å². The molecule has 122 valence electrons. The van der Waals surface area contributed by atoms with E-state index in [-0.39, 0.29) is 6.04 Å². The molecule has 0 spiro atoms. The van der Waals surface area contributed by atoms with Crippen LogP contribution in [0.25, 0.3) is 0 Å². The number of hydrogen-bond donors (Lipinski definition) is 0. The van der Waals surface area contributed by atoms with Crippen LogP contribution in [0.5, 0.6) is 5.75 Å². The molecule has 23 heavy (non-hydrogen) atoms. The van der Waals surface area contributed by atoms with Crippen LogP contribution in [-0.2, 0) is 10.0 Å². The van der Waals surface area contributed by atoms with E-state index in [1.807, 2.05) is 30.3 Å². The van der Waals surface area contributed by atoms with Crippen molar-refractivity contribution in [2.24, 2.45) is 0 Å². The third kappa shape index (κ3) is 3.29. The molecule has 6 heteroatoms. The molecule has 1 heterocycles. The second-order valence-corrected chi connectivity index (χ2v) is 8.31. The van der Waals surface area contributed by atoms with Gasteiger partial charge in [-0.05, 0) is 48.7 Å². The van der Waals surface area contributed by atoms with Crippen molar-refractivity contribution in [2.75, 3.05) is 13.7 Å². The zero-order chi connectivity index (χ0) is 16.4. The van der Waals surface area contributed by atoms with E-state index in [0.717, 1.165) is 28.6 Å². The van der Waals surface area contributed by atoms with Gasteiger partial charge in [-0.1, -0.05) is 34.1 Å². The molecule has 4 nitrogen and oxygen atoms in total. The van der Waals surface area contributed by atoms with Crippen LogP contribution in [0.15, 0.2) is 57.9 Å². The highest BCUT2D eigenvalue weighted by Crippen LogP contribution is 2.37. The molecule has 0 radical (unpaired) electrons. The van der Waals surface area contributed by atoms with Crippen LogP contribution in [-0.4, -0.2) is 26.4 Å². The highest BCUT2D eigenvalue weighted by Gasteiger charge is 2.36. The van der Waals surface area contributed by atoms with Gasteiger partial charge in [-0.3, -0.25) is 0 Å². The van der Waals surface area contributed by atoms with E-state index < -0.39 is 10.0 Å². The summed E-state index contributed by atoms with van der Waals surface area (Å²) in [6, 6.07) is 14.4. The fourth-order valence-corrected chi connectivity index (χ4v) is 5.25. The van der Waals surface area contributed by atoms with Gasteiger partial charge < -0.3 is 4.74 Å². The largest absolute Gasteiger partial charge is 0.497 e. The molecule has 0 aromatic heterocycles. The normalized spacial score (nSPS) is 19.0. The number of rotatable bonds is 4. The SMILES string of the molecule is COc1cccc([C@@H]2CCCN2S(=O)(=O)c2cccc(Br)c2)c1. The summed E-state index contributed by atoms with van der Waals surface area (Å²) in [6.45, 7) is 0.538. The summed E-state index contributed by atoms with van der Waals surface area (Å²) in [5.74, 6) is 0.745. The molecular weight excluding hydrogens is 378 g/mol. The highest BCUT2D eigenvalue weighted by molar-refractivity contribution is 9.10. The monoisotopic (exact) mass is 395 g/mol. The molecule has 3 rings (SSSR count). The second kappa shape index (κ2) is 6.63. The lowest BCUT2D eigenvalue weighted by molar-refractivity contribution is 0.390. The molecule has 0 N–H and O–H groups in total. The minimum absolute atomic E-state index is 0.144. The summed E-state index contributed by atoms with van der Waals surface area (Å²) >= 11 is 3.34. The maximum Gasteiger partial charge on any atom is 0.243 e. The molecule has 0 aliphatic carbocycles. The van der Waals surface area contributed by atoms with Crippen LogP contribution < -0.4 is 4.74 Å². The molecule has 2 aromatic carbocycles. The Morgan fingerprint density at radius 1 is 1.17 bits per heavy atom. The Hall–Kier alpha value is -1.37. The Labute approximate surface area is 145 Å². The lowest BCUT2D eigenvalue weighted by atomic mass is 10.1. The zero-order valence-corrected chi connectivity index (χ0v) is 15.2. The average Bonchev–Trinajstić information content (AvgIpc) is 3.05. The predicted octanol–water partition coefficient (Wildman–Crippen LogP) is 3.98. The van der Waals surface area contributed by atoms with Gasteiger partial charge in [-0.15, -0.1) is 0 Å². The molecule has 0 saturated carbocycles. The minimum Gasteiger partial charge on any atom is -0.497 e. The number of nitrogens with zero attached hydrogens (tertiary/aromatic N) is 1. The first-order valence-corrected chi connectivity index (χ1v) is 9.67. The molecular formula is C17H18BrNO3S. The van der Waals surface area contributed by atoms with Crippen molar-refractivity contribution >= 4 is 26.0 Å². The summed E-state index contributed by atoms with van der Waals surface area (Å²) in [5, 5.41) is 0. The third-order valence-electron chi connectivity index (χ3n) is 4.08. The van der Waals surface area contributed by atoms with Gasteiger partial charge in [0.1, 0.15) is 5.75 Å². The van der Waals surface area contributed by atoms with Crippen molar-refractivity contribution < 1.29 is 13.2 Å². The van der Waals surface area contributed by atoms with E-state index in [1.165, 1.54) is 0 Å². The zero-order valence-electron chi connectivity index (χ0n) is 12.8. The average molecular weight is 396 g/mol. The summed E-state index contributed by atoms with van der Waals surface area (Å²) in [4.78, 5) is 0.321. The van der Waals surface area contributed by atoms with Crippen LogP contribution >= 0.6 is 15.9 Å². The molecule has 0 unspecified atom stereocenters. The molecule has 0 amide bonds. The number of benzene rings is 2. The number of ether oxygens (including phenoxy) is 1. The van der Waals surface area contributed by atoms with Crippen molar-refractivity contribution in [2.45, 2.75) is 23.8 Å². The first kappa shape index (κ1) is 16.5. The first-order chi connectivity index (χ1) is 11.0. The van der Waals surface area contributed by atoms with Gasteiger partial charge in [0.15, 0.2) is 0 Å². The smallest absolute Gasteiger partial charge is 0.243 e. The lowest BCUT2D eigenvalue weighted by Gasteiger charge is -2.24. The van der Waals surface area contributed by atoms with E-state index in [1.54, 1.807) is 29.6 Å². The maximum absolute atomic E-state index is 13.0. The van der Waals surface area contributed by atoms with Crippen molar-refractivity contribution in [3.8, 4) is 5.75 Å². The van der Waals surface area contributed by atoms with E-state index >= 15 is 0 Å². The number of hydrogen-bond acceptors (Lipinski definition) is 3. The van der Waals surface area contributed by atoms with E-state index in [9.17, 15) is 8.42 Å². The van der Waals surface area contributed by atoms with Crippen LogP contribution in [0.1, 0.15) is 24.4 Å². The fourth-order valence-electron chi connectivity index (χ4n) is 2.97. The van der Waals surface area contributed by atoms with Crippen LogP contribution in [0.4, 0.5) is 0 Å². The summed E-state index contributed by atoms with van der Waals surface area (Å²) in [6.07, 6.45) is 1.68. The minimum atomic E-state index is -3.52. The summed E-state index contributed by atoms with van der Waals surface area (Å²) in [7, 11) is -1.90. The van der Waals surface area contributed by atoms with E-state index in [2.05, 4.69) is 15.9 Å². The van der Waals surface area contributed by atoms with Crippen LogP contribution in [0.2, 0.25) is 0 Å². The summed E-state index contributed by atoms with van der Waals surface area (Å²) in [5.41, 5.74) is 0.973. The molecule has 2 aromatic rings. The van der Waals surface area contributed by atoms with Crippen molar-refractivity contribution in [1.82, 2.24) is 4.31 Å². The second-order valence-electron chi connectivity index (χ2n) is 5.51. The molecule has 1 saturated heterocycles. The van der Waals surface area contributed by atoms with Gasteiger partial charge >= 0.3 is 0 Å². The van der Waals surface area contributed by atoms with E-state index in [4.69, 9.17) is 4.74 Å². The Morgan fingerprint density at radius 3 is 2.70 bits per heavy atom. The molecule has 1 atom stereocenters. The Bertz CT molecular complexity index is 807. The topological polar surface area (TPSA) is 46.6 Å². The maximum atomic E-state index is 13.0. The number of halogens is 1. The van der Waals surface area contributed by atoms with Crippen molar-refractivity contribution in [1.29, 1.82) is 0 Å². The van der Waals surface area contributed by atoms with E-state index in [0.29, 0.717) is 11.4 Å². The molecule has 1 fully saturated rings. The standard InChI is InChI=1S/C17H18BrNO3S/c1-22-15-7-2-5-13(11-15)17-9-4-10-19(17)23(20,21)16-8-3-6-14(18)12-16/h2-3,5-8,11-12,17H,4,9-10H2,1H3/t17-/m0/s1. The Morgan fingerprint density at radius 2 is 1.96 bits per heavy atom. The number of sulfonamides is 1. The van der Waals surface area contributed by atoms with Crippen molar-refractivity contribution in [3.63, 3.8) is 0 Å². The molecule has 1 aliphatic rings. The van der Waals surface area contributed by atoms with Gasteiger partial charge in [0.2, 0.25) is 10.0 Å². The van der Waals surface area contributed by atoms with Gasteiger partial charge in [-0.2, -0.15) is 4.31 Å². The third-order valence-corrected chi connectivity index (χ3v) is 6.48. The van der Waals surface area contributed by atoms with Gasteiger partial charge in [0.05, 0.1) is 18.0 Å². The highest BCUT2D eigenvalue weighted by atomic mass is 79.9. The fraction of sp³-hybridized carbons (Fsp3) is 0.294. The molecule has 1 aliphatic heterocycles. The first-order valence-electron chi connectivity index (χ1n) is 7.44.